The molecule has 0 fully saturated rings. The maximum Gasteiger partial charge on any atom is 0.225 e. The van der Waals surface area contributed by atoms with Crippen molar-refractivity contribution in [2.75, 3.05) is 11.1 Å². The number of carbonyl (C=O) groups excluding carboxylic acids is 1. The molecule has 0 radical (unpaired) electrons. The number of anilines is 1. The van der Waals surface area contributed by atoms with Gasteiger partial charge in [-0.2, -0.15) is 5.26 Å². The zero-order valence-corrected chi connectivity index (χ0v) is 11.7. The third-order valence-electron chi connectivity index (χ3n) is 2.63. The number of carbonyl (C=O) groups is 1. The standard InChI is InChI=1S/C13H16N2O3S/c1-10(2)19(17,18)8-7-13(16)15-12-5-3-11(9-14)4-6-12/h3-6,10H,7-8H2,1-2H3,(H,15,16). The monoisotopic (exact) mass is 280 g/mol. The number of nitrogens with one attached hydrogen (secondary N) is 1. The Labute approximate surface area is 113 Å². The molecule has 0 saturated carbocycles. The second kappa shape index (κ2) is 6.34. The van der Waals surface area contributed by atoms with Crippen LogP contribution in [0.4, 0.5) is 5.69 Å². The van der Waals surface area contributed by atoms with Gasteiger partial charge in [0.2, 0.25) is 5.91 Å². The molecule has 0 heterocycles. The Bertz CT molecular complexity index is 583. The summed E-state index contributed by atoms with van der Waals surface area (Å²) in [6.45, 7) is 3.18. The molecule has 0 atom stereocenters. The molecule has 1 amide bonds. The van der Waals surface area contributed by atoms with Crippen molar-refractivity contribution in [3.05, 3.63) is 29.8 Å². The number of benzene rings is 1. The first kappa shape index (κ1) is 15.2. The summed E-state index contributed by atoms with van der Waals surface area (Å²) in [7, 11) is -3.20. The number of hydrogen-bond acceptors (Lipinski definition) is 4. The Morgan fingerprint density at radius 1 is 1.32 bits per heavy atom. The van der Waals surface area contributed by atoms with Crippen molar-refractivity contribution in [3.63, 3.8) is 0 Å². The van der Waals surface area contributed by atoms with Crippen molar-refractivity contribution < 1.29 is 13.2 Å². The molecule has 1 aromatic rings. The fourth-order valence-electron chi connectivity index (χ4n) is 1.32. The van der Waals surface area contributed by atoms with E-state index in [1.54, 1.807) is 38.1 Å². The predicted octanol–water partition coefficient (Wildman–Crippen LogP) is 1.71. The molecule has 0 aliphatic carbocycles. The highest BCUT2D eigenvalue weighted by Crippen LogP contribution is 2.10. The Morgan fingerprint density at radius 2 is 1.89 bits per heavy atom. The quantitative estimate of drug-likeness (QED) is 0.889. The van der Waals surface area contributed by atoms with E-state index in [4.69, 9.17) is 5.26 Å². The summed E-state index contributed by atoms with van der Waals surface area (Å²) in [6, 6.07) is 8.35. The summed E-state index contributed by atoms with van der Waals surface area (Å²) in [5, 5.41) is 10.7. The second-order valence-corrected chi connectivity index (χ2v) is 7.08. The lowest BCUT2D eigenvalue weighted by atomic mass is 10.2. The van der Waals surface area contributed by atoms with Crippen LogP contribution in [0.5, 0.6) is 0 Å². The first-order valence-electron chi connectivity index (χ1n) is 5.87. The van der Waals surface area contributed by atoms with Crippen molar-refractivity contribution in [2.24, 2.45) is 0 Å². The number of sulfone groups is 1. The summed E-state index contributed by atoms with van der Waals surface area (Å²) in [5.74, 6) is -0.513. The molecule has 0 spiro atoms. The number of nitriles is 1. The zero-order chi connectivity index (χ0) is 14.5. The normalized spacial score (nSPS) is 11.1. The maximum atomic E-state index is 11.6. The minimum absolute atomic E-state index is 0.0689. The van der Waals surface area contributed by atoms with Gasteiger partial charge in [0.15, 0.2) is 9.84 Å². The van der Waals surface area contributed by atoms with Crippen LogP contribution >= 0.6 is 0 Å². The molecule has 0 aliphatic heterocycles. The van der Waals surface area contributed by atoms with Gasteiger partial charge < -0.3 is 5.32 Å². The molecule has 1 N–H and O–H groups in total. The summed E-state index contributed by atoms with van der Waals surface area (Å²) in [6.07, 6.45) is -0.0689. The van der Waals surface area contributed by atoms with Gasteiger partial charge in [0.05, 0.1) is 22.6 Å². The van der Waals surface area contributed by atoms with Crippen LogP contribution in [-0.4, -0.2) is 25.3 Å². The van der Waals surface area contributed by atoms with E-state index in [-0.39, 0.29) is 18.1 Å². The third kappa shape index (κ3) is 4.72. The van der Waals surface area contributed by atoms with E-state index in [2.05, 4.69) is 5.32 Å². The molecule has 0 aliphatic rings. The highest BCUT2D eigenvalue weighted by molar-refractivity contribution is 7.91. The van der Waals surface area contributed by atoms with Gasteiger partial charge in [-0.25, -0.2) is 8.42 Å². The minimum atomic E-state index is -3.20. The van der Waals surface area contributed by atoms with Gasteiger partial charge in [0.1, 0.15) is 0 Å². The van der Waals surface area contributed by atoms with Gasteiger partial charge in [-0.1, -0.05) is 0 Å². The Kier molecular flexibility index (Phi) is 5.07. The van der Waals surface area contributed by atoms with Gasteiger partial charge >= 0.3 is 0 Å². The van der Waals surface area contributed by atoms with Crippen molar-refractivity contribution in [1.29, 1.82) is 5.26 Å². The van der Waals surface area contributed by atoms with Crippen LogP contribution in [0.3, 0.4) is 0 Å². The van der Waals surface area contributed by atoms with Crippen LogP contribution in [0.15, 0.2) is 24.3 Å². The maximum absolute atomic E-state index is 11.6. The molecule has 0 aromatic heterocycles. The summed E-state index contributed by atoms with van der Waals surface area (Å²) in [5.41, 5.74) is 1.05. The van der Waals surface area contributed by atoms with E-state index in [0.717, 1.165) is 0 Å². The van der Waals surface area contributed by atoms with E-state index in [1.807, 2.05) is 6.07 Å². The highest BCUT2D eigenvalue weighted by Gasteiger charge is 2.17. The van der Waals surface area contributed by atoms with Crippen molar-refractivity contribution in [3.8, 4) is 6.07 Å². The molecular weight excluding hydrogens is 264 g/mol. The van der Waals surface area contributed by atoms with E-state index >= 15 is 0 Å². The molecule has 6 heteroatoms. The SMILES string of the molecule is CC(C)S(=O)(=O)CCC(=O)Nc1ccc(C#N)cc1. The smallest absolute Gasteiger partial charge is 0.225 e. The van der Waals surface area contributed by atoms with Gasteiger partial charge in [-0.3, -0.25) is 4.79 Å². The molecule has 0 saturated heterocycles. The first-order chi connectivity index (χ1) is 8.85. The topological polar surface area (TPSA) is 87.0 Å². The molecule has 0 unspecified atom stereocenters. The van der Waals surface area contributed by atoms with E-state index in [9.17, 15) is 13.2 Å². The number of rotatable bonds is 5. The molecule has 5 nitrogen and oxygen atoms in total. The van der Waals surface area contributed by atoms with Crippen molar-refractivity contribution >= 4 is 21.4 Å². The van der Waals surface area contributed by atoms with Gasteiger partial charge in [0, 0.05) is 12.1 Å². The van der Waals surface area contributed by atoms with Crippen LogP contribution in [0, 0.1) is 11.3 Å². The van der Waals surface area contributed by atoms with E-state index in [0.29, 0.717) is 11.3 Å². The minimum Gasteiger partial charge on any atom is -0.326 e. The van der Waals surface area contributed by atoms with Crippen LogP contribution in [0.25, 0.3) is 0 Å². The van der Waals surface area contributed by atoms with E-state index in [1.165, 1.54) is 0 Å². The fraction of sp³-hybridized carbons (Fsp3) is 0.385. The van der Waals surface area contributed by atoms with Gasteiger partial charge in [0.25, 0.3) is 0 Å². The Balaban J connectivity index is 2.54. The zero-order valence-electron chi connectivity index (χ0n) is 10.9. The second-order valence-electron chi connectivity index (χ2n) is 4.40. The number of nitrogens with zero attached hydrogens (tertiary/aromatic N) is 1. The number of amides is 1. The average molecular weight is 280 g/mol. The lowest BCUT2D eigenvalue weighted by Crippen LogP contribution is -2.22. The highest BCUT2D eigenvalue weighted by atomic mass is 32.2. The molecule has 19 heavy (non-hydrogen) atoms. The number of hydrogen-bond donors (Lipinski definition) is 1. The first-order valence-corrected chi connectivity index (χ1v) is 7.58. The van der Waals surface area contributed by atoms with Crippen molar-refractivity contribution in [1.82, 2.24) is 0 Å². The summed E-state index contributed by atoms with van der Waals surface area (Å²) in [4.78, 5) is 11.6. The van der Waals surface area contributed by atoms with Crippen LogP contribution in [0.1, 0.15) is 25.8 Å². The Hall–Kier alpha value is -1.87. The summed E-state index contributed by atoms with van der Waals surface area (Å²) < 4.78 is 23.1. The van der Waals surface area contributed by atoms with Crippen molar-refractivity contribution in [2.45, 2.75) is 25.5 Å². The van der Waals surface area contributed by atoms with Crippen LogP contribution in [0.2, 0.25) is 0 Å². The van der Waals surface area contributed by atoms with Gasteiger partial charge in [-0.15, -0.1) is 0 Å². The average Bonchev–Trinajstić information content (AvgIpc) is 2.37. The molecule has 1 aromatic carbocycles. The van der Waals surface area contributed by atoms with Crippen LogP contribution < -0.4 is 5.32 Å². The largest absolute Gasteiger partial charge is 0.326 e. The summed E-state index contributed by atoms with van der Waals surface area (Å²) >= 11 is 0. The molecule has 0 bridgehead atoms. The lowest BCUT2D eigenvalue weighted by molar-refractivity contribution is -0.115. The molecular formula is C13H16N2O3S. The Morgan fingerprint density at radius 3 is 2.37 bits per heavy atom. The fourth-order valence-corrected chi connectivity index (χ4v) is 2.26. The third-order valence-corrected chi connectivity index (χ3v) is 4.84. The van der Waals surface area contributed by atoms with E-state index < -0.39 is 15.1 Å². The lowest BCUT2D eigenvalue weighted by Gasteiger charge is -2.08. The van der Waals surface area contributed by atoms with Gasteiger partial charge in [-0.05, 0) is 38.1 Å². The molecule has 102 valence electrons. The molecule has 1 rings (SSSR count). The predicted molar refractivity (Wildman–Crippen MR) is 73.3 cm³/mol. The van der Waals surface area contributed by atoms with Crippen LogP contribution in [-0.2, 0) is 14.6 Å².